The van der Waals surface area contributed by atoms with Crippen molar-refractivity contribution in [2.45, 2.75) is 32.4 Å². The Kier molecular flexibility index (Phi) is 8.57. The zero-order chi connectivity index (χ0) is 17.9. The van der Waals surface area contributed by atoms with Crippen LogP contribution in [0.1, 0.15) is 30.9 Å². The highest BCUT2D eigenvalue weighted by Crippen LogP contribution is 2.11. The van der Waals surface area contributed by atoms with Gasteiger partial charge in [-0.25, -0.2) is 4.39 Å². The summed E-state index contributed by atoms with van der Waals surface area (Å²) in [6.07, 6.45) is 4.22. The minimum absolute atomic E-state index is 0.0326. The van der Waals surface area contributed by atoms with Crippen molar-refractivity contribution in [3.05, 3.63) is 41.5 Å². The Morgan fingerprint density at radius 3 is 2.79 bits per heavy atom. The molecule has 1 unspecified atom stereocenters. The molecule has 6 heteroatoms. The summed E-state index contributed by atoms with van der Waals surface area (Å²) < 4.78 is 12.9. The highest BCUT2D eigenvalue weighted by atomic mass is 19.1. The monoisotopic (exact) mass is 333 g/mol. The lowest BCUT2D eigenvalue weighted by molar-refractivity contribution is -0.123. The number of hydrogen-bond acceptors (Lipinski definition) is 3. The third-order valence-corrected chi connectivity index (χ3v) is 3.48. The molecule has 1 amide bonds. The highest BCUT2D eigenvalue weighted by Gasteiger charge is 2.15. The molecule has 0 saturated carbocycles. The lowest BCUT2D eigenvalue weighted by Gasteiger charge is -2.06. The summed E-state index contributed by atoms with van der Waals surface area (Å²) in [5.74, 6) is -1.09. The number of amidine groups is 1. The molecule has 0 aromatic heterocycles. The summed E-state index contributed by atoms with van der Waals surface area (Å²) in [6, 6.07) is 7.63. The number of aryl methyl sites for hydroxylation is 1. The smallest absolute Gasteiger partial charge is 0.252 e. The van der Waals surface area contributed by atoms with Crippen LogP contribution in [0.2, 0.25) is 0 Å². The third-order valence-electron chi connectivity index (χ3n) is 3.48. The third kappa shape index (κ3) is 7.28. The van der Waals surface area contributed by atoms with E-state index < -0.39 is 18.0 Å². The molecule has 1 aromatic carbocycles. The van der Waals surface area contributed by atoms with Crippen molar-refractivity contribution < 1.29 is 14.0 Å². The van der Waals surface area contributed by atoms with Gasteiger partial charge in [0, 0.05) is 13.0 Å². The van der Waals surface area contributed by atoms with Crippen LogP contribution in [0.15, 0.2) is 35.3 Å². The van der Waals surface area contributed by atoms with Gasteiger partial charge in [0.2, 0.25) is 0 Å². The van der Waals surface area contributed by atoms with E-state index in [1.807, 2.05) is 24.3 Å². The molecule has 0 bridgehead atoms. The predicted octanol–water partition coefficient (Wildman–Crippen LogP) is 2.04. The van der Waals surface area contributed by atoms with Crippen LogP contribution in [0.3, 0.4) is 0 Å². The van der Waals surface area contributed by atoms with Crippen LogP contribution in [0.25, 0.3) is 6.08 Å². The molecule has 2 atom stereocenters. The molecular weight excluding hydrogens is 309 g/mol. The first-order chi connectivity index (χ1) is 11.5. The quantitative estimate of drug-likeness (QED) is 0.410. The molecule has 5 nitrogen and oxygen atoms in total. The van der Waals surface area contributed by atoms with Crippen molar-refractivity contribution in [2.24, 2.45) is 22.4 Å². The first-order valence-corrected chi connectivity index (χ1v) is 7.89. The number of rotatable bonds is 9. The molecule has 0 radical (unpaired) electrons. The fourth-order valence-electron chi connectivity index (χ4n) is 2.07. The van der Waals surface area contributed by atoms with Gasteiger partial charge < -0.3 is 16.3 Å². The number of benzene rings is 1. The molecule has 130 valence electrons. The van der Waals surface area contributed by atoms with Crippen LogP contribution in [-0.2, 0) is 16.0 Å². The summed E-state index contributed by atoms with van der Waals surface area (Å²) >= 11 is 0. The molecule has 0 heterocycles. The Hall–Kier alpha value is -2.34. The molecule has 0 aliphatic carbocycles. The van der Waals surface area contributed by atoms with Gasteiger partial charge in [-0.3, -0.25) is 4.79 Å². The molecule has 4 N–H and O–H groups in total. The number of aliphatic imine (C=N–C) groups is 1. The van der Waals surface area contributed by atoms with Gasteiger partial charge in [0.05, 0.1) is 12.1 Å². The molecule has 0 spiro atoms. The largest absolute Gasteiger partial charge is 0.384 e. The van der Waals surface area contributed by atoms with Crippen LogP contribution in [0, 0.1) is 5.92 Å². The number of hydrogen-bond donors (Lipinski definition) is 2. The maximum absolute atomic E-state index is 12.9. The average Bonchev–Trinajstić information content (AvgIpc) is 2.56. The number of carbonyl (C=O) groups excluding carboxylic acids is 2. The van der Waals surface area contributed by atoms with Crippen LogP contribution < -0.4 is 11.5 Å². The Labute approximate surface area is 141 Å². The van der Waals surface area contributed by atoms with Gasteiger partial charge >= 0.3 is 0 Å². The van der Waals surface area contributed by atoms with Crippen molar-refractivity contribution in [2.75, 3.05) is 6.54 Å². The first kappa shape index (κ1) is 19.7. The summed E-state index contributed by atoms with van der Waals surface area (Å²) in [7, 11) is 0. The summed E-state index contributed by atoms with van der Waals surface area (Å²) in [4.78, 5) is 26.0. The number of nitrogens with zero attached hydrogens (tertiary/aromatic N) is 1. The summed E-state index contributed by atoms with van der Waals surface area (Å²) in [6.45, 7) is 1.59. The normalized spacial score (nSPS) is 14.5. The lowest BCUT2D eigenvalue weighted by Crippen LogP contribution is -2.24. The topological polar surface area (TPSA) is 98.5 Å². The van der Waals surface area contributed by atoms with Gasteiger partial charge in [-0.2, -0.15) is 4.99 Å². The second-order valence-corrected chi connectivity index (χ2v) is 5.61. The van der Waals surface area contributed by atoms with Crippen molar-refractivity contribution in [3.63, 3.8) is 0 Å². The van der Waals surface area contributed by atoms with E-state index in [1.54, 1.807) is 6.08 Å². The molecule has 0 aliphatic rings. The number of alkyl halides is 1. The Balaban J connectivity index is 2.73. The predicted molar refractivity (Wildman–Crippen MR) is 94.2 cm³/mol. The number of carbonyl (C=O) groups is 2. The fourth-order valence-corrected chi connectivity index (χ4v) is 2.07. The van der Waals surface area contributed by atoms with Gasteiger partial charge in [-0.1, -0.05) is 30.3 Å². The molecule has 0 saturated heterocycles. The summed E-state index contributed by atoms with van der Waals surface area (Å²) in [5.41, 5.74) is 13.1. The van der Waals surface area contributed by atoms with E-state index in [9.17, 15) is 14.0 Å². The van der Waals surface area contributed by atoms with Crippen LogP contribution >= 0.6 is 0 Å². The van der Waals surface area contributed by atoms with Gasteiger partial charge in [0.15, 0.2) is 0 Å². The van der Waals surface area contributed by atoms with Gasteiger partial charge in [0.25, 0.3) is 5.91 Å². The lowest BCUT2D eigenvalue weighted by atomic mass is 10.0. The van der Waals surface area contributed by atoms with Gasteiger partial charge in [-0.15, -0.1) is 0 Å². The molecule has 0 fully saturated rings. The van der Waals surface area contributed by atoms with E-state index in [4.69, 9.17) is 11.5 Å². The van der Waals surface area contributed by atoms with Crippen LogP contribution in [0.4, 0.5) is 4.39 Å². The SMILES string of the molecule is CC(F)CCc1cccc(/C=C/C(N)=NC(=O)[C@H](CN)CC=O)c1. The second kappa shape index (κ2) is 10.4. The zero-order valence-electron chi connectivity index (χ0n) is 13.8. The fraction of sp³-hybridized carbons (Fsp3) is 0.389. The van der Waals surface area contributed by atoms with E-state index in [2.05, 4.69) is 4.99 Å². The molecule has 0 aliphatic heterocycles. The molecule has 1 rings (SSSR count). The maximum atomic E-state index is 12.9. The first-order valence-electron chi connectivity index (χ1n) is 7.89. The number of halogens is 1. The minimum atomic E-state index is -0.833. The van der Waals surface area contributed by atoms with E-state index >= 15 is 0 Å². The number of amides is 1. The van der Waals surface area contributed by atoms with E-state index in [0.717, 1.165) is 11.1 Å². The van der Waals surface area contributed by atoms with E-state index in [1.165, 1.54) is 13.0 Å². The van der Waals surface area contributed by atoms with E-state index in [0.29, 0.717) is 19.1 Å². The van der Waals surface area contributed by atoms with Crippen molar-refractivity contribution >= 4 is 24.1 Å². The summed E-state index contributed by atoms with van der Waals surface area (Å²) in [5, 5.41) is 0. The van der Waals surface area contributed by atoms with Gasteiger partial charge in [0.1, 0.15) is 12.1 Å². The van der Waals surface area contributed by atoms with E-state index in [-0.39, 0.29) is 18.8 Å². The standard InChI is InChI=1S/C18H24FN3O2/c1-13(19)5-6-14-3-2-4-15(11-14)7-8-17(21)22-18(24)16(12-20)9-10-23/h2-4,7-8,10-11,13,16H,5-6,9,12,20H2,1H3,(H2,21,22,24)/b8-7+/t13?,16-/m0/s1. The minimum Gasteiger partial charge on any atom is -0.384 e. The van der Waals surface area contributed by atoms with Crippen molar-refractivity contribution in [1.29, 1.82) is 0 Å². The number of aldehydes is 1. The Morgan fingerprint density at radius 1 is 1.42 bits per heavy atom. The maximum Gasteiger partial charge on any atom is 0.252 e. The van der Waals surface area contributed by atoms with Crippen LogP contribution in [-0.4, -0.2) is 30.7 Å². The molecule has 1 aromatic rings. The van der Waals surface area contributed by atoms with Gasteiger partial charge in [-0.05, 0) is 37.0 Å². The number of nitrogens with two attached hydrogens (primary N) is 2. The van der Waals surface area contributed by atoms with Crippen molar-refractivity contribution in [3.8, 4) is 0 Å². The van der Waals surface area contributed by atoms with Crippen LogP contribution in [0.5, 0.6) is 0 Å². The molecule has 24 heavy (non-hydrogen) atoms. The average molecular weight is 333 g/mol. The second-order valence-electron chi connectivity index (χ2n) is 5.61. The highest BCUT2D eigenvalue weighted by molar-refractivity contribution is 6.03. The zero-order valence-corrected chi connectivity index (χ0v) is 13.8. The van der Waals surface area contributed by atoms with Crippen molar-refractivity contribution in [1.82, 2.24) is 0 Å². The Morgan fingerprint density at radius 2 is 2.17 bits per heavy atom. The Bertz CT molecular complexity index is 612. The molecular formula is C18H24FN3O2.